The third kappa shape index (κ3) is 13.0. The van der Waals surface area contributed by atoms with Gasteiger partial charge in [-0.2, -0.15) is 14.9 Å². The molecule has 0 atom stereocenters. The second kappa shape index (κ2) is 22.8. The van der Waals surface area contributed by atoms with E-state index in [1.807, 2.05) is 97.0 Å². The third-order valence-corrected chi connectivity index (χ3v) is 12.7. The number of nitrogens with zero attached hydrogens (tertiary/aromatic N) is 7. The second-order valence-corrected chi connectivity index (χ2v) is 19.9. The van der Waals surface area contributed by atoms with Crippen LogP contribution in [0.3, 0.4) is 0 Å². The minimum atomic E-state index is -0.562. The Morgan fingerprint density at radius 3 is 1.76 bits per heavy atom. The summed E-state index contributed by atoms with van der Waals surface area (Å²) in [6.45, 7) is 16.4. The number of carbonyl (C=O) groups is 3. The van der Waals surface area contributed by atoms with Crippen molar-refractivity contribution < 1.29 is 46.7 Å². The number of hydrogen-bond acceptors (Lipinski definition) is 10. The number of anilines is 2. The maximum absolute atomic E-state index is 13.4. The number of aromatic amines is 1. The van der Waals surface area contributed by atoms with E-state index in [9.17, 15) is 23.2 Å². The summed E-state index contributed by atoms with van der Waals surface area (Å²) in [5.41, 5.74) is 4.19. The van der Waals surface area contributed by atoms with Gasteiger partial charge in [-0.05, 0) is 120 Å². The molecule has 0 radical (unpaired) electrons. The molecule has 0 aliphatic carbocycles. The van der Waals surface area contributed by atoms with E-state index < -0.39 is 30.0 Å². The number of rotatable bonds is 10. The molecule has 0 spiro atoms. The molecule has 3 saturated heterocycles. The molecule has 0 unspecified atom stereocenters. The molecule has 4 amide bonds. The van der Waals surface area contributed by atoms with Crippen LogP contribution < -0.4 is 24.7 Å². The van der Waals surface area contributed by atoms with E-state index in [1.54, 1.807) is 70.7 Å². The first-order chi connectivity index (χ1) is 33.6. The van der Waals surface area contributed by atoms with Crippen LogP contribution in [0.15, 0.2) is 114 Å². The number of urea groups is 2. The topological polar surface area (TPSA) is 157 Å². The Morgan fingerprint density at radius 1 is 0.750 bits per heavy atom. The Balaban J connectivity index is 0.000000177. The summed E-state index contributed by atoms with van der Waals surface area (Å²) in [6.07, 6.45) is 6.15. The molecule has 382 valence electrons. The SMILES string of the molecule is C.CC(C)(C)OC(=O)n1cc(B2OC(C)(C)C(C)(C)O2)cn1.COc1cc(-c2cn[nH]c2)ccc1N1CCN(Cc2cccc(F)c2)C1=O.COc1cc(Br)ccc1N1CCN(Cc2cccc(F)c2)C1=O. The van der Waals surface area contributed by atoms with Crippen molar-refractivity contribution in [3.8, 4) is 22.6 Å². The largest absolute Gasteiger partial charge is 0.498 e. The number of ether oxygens (including phenoxy) is 3. The van der Waals surface area contributed by atoms with Crippen LogP contribution in [0, 0.1) is 11.6 Å². The predicted octanol–water partition coefficient (Wildman–Crippen LogP) is 10.3. The molecule has 72 heavy (non-hydrogen) atoms. The van der Waals surface area contributed by atoms with E-state index in [-0.39, 0.29) is 31.1 Å². The van der Waals surface area contributed by atoms with Gasteiger partial charge < -0.3 is 33.3 Å². The fourth-order valence-electron chi connectivity index (χ4n) is 7.83. The van der Waals surface area contributed by atoms with Gasteiger partial charge >= 0.3 is 25.3 Å². The summed E-state index contributed by atoms with van der Waals surface area (Å²) >= 11 is 3.39. The van der Waals surface area contributed by atoms with Gasteiger partial charge in [-0.1, -0.05) is 53.7 Å². The lowest BCUT2D eigenvalue weighted by atomic mass is 9.82. The van der Waals surface area contributed by atoms with E-state index in [0.717, 1.165) is 42.8 Å². The third-order valence-electron chi connectivity index (χ3n) is 12.2. The number of benzene rings is 4. The number of hydrogen-bond donors (Lipinski definition) is 1. The van der Waals surface area contributed by atoms with Crippen LogP contribution in [0.25, 0.3) is 11.1 Å². The molecule has 0 saturated carbocycles. The first kappa shape index (κ1) is 54.6. The van der Waals surface area contributed by atoms with Gasteiger partial charge in [0.2, 0.25) is 0 Å². The first-order valence-electron chi connectivity index (χ1n) is 22.9. The van der Waals surface area contributed by atoms with Crippen molar-refractivity contribution >= 4 is 58.0 Å². The van der Waals surface area contributed by atoms with Gasteiger partial charge in [-0.15, -0.1) is 0 Å². The average Bonchev–Trinajstić information content (AvgIpc) is 4.17. The molecular weight excluding hydrogens is 993 g/mol. The van der Waals surface area contributed by atoms with Gasteiger partial charge in [-0.25, -0.2) is 23.2 Å². The van der Waals surface area contributed by atoms with Crippen LogP contribution in [-0.4, -0.2) is 112 Å². The lowest BCUT2D eigenvalue weighted by molar-refractivity contribution is 0.00578. The molecule has 1 N–H and O–H groups in total. The minimum Gasteiger partial charge on any atom is -0.495 e. The summed E-state index contributed by atoms with van der Waals surface area (Å²) in [5, 5.41) is 10.8. The molecule has 0 bridgehead atoms. The van der Waals surface area contributed by atoms with Crippen molar-refractivity contribution in [1.82, 2.24) is 29.8 Å². The fourth-order valence-corrected chi connectivity index (χ4v) is 8.17. The van der Waals surface area contributed by atoms with Crippen LogP contribution in [0.4, 0.5) is 34.5 Å². The number of methoxy groups -OCH3 is 2. The summed E-state index contributed by atoms with van der Waals surface area (Å²) in [4.78, 5) is 44.2. The number of halogens is 3. The Kier molecular flexibility index (Phi) is 17.2. The van der Waals surface area contributed by atoms with E-state index in [1.165, 1.54) is 24.3 Å². The zero-order valence-electron chi connectivity index (χ0n) is 41.2. The van der Waals surface area contributed by atoms with E-state index >= 15 is 0 Å². The van der Waals surface area contributed by atoms with Crippen LogP contribution in [-0.2, 0) is 27.1 Å². The highest BCUT2D eigenvalue weighted by atomic mass is 79.9. The quantitative estimate of drug-likeness (QED) is 0.131. The maximum atomic E-state index is 13.4. The summed E-state index contributed by atoms with van der Waals surface area (Å²) < 4.78 is 56.7. The molecule has 6 aromatic rings. The van der Waals surface area contributed by atoms with Crippen molar-refractivity contribution in [1.29, 1.82) is 0 Å². The molecule has 3 fully saturated rings. The highest BCUT2D eigenvalue weighted by Gasteiger charge is 2.52. The second-order valence-electron chi connectivity index (χ2n) is 18.9. The molecule has 3 aliphatic rings. The average molecular weight is 1060 g/mol. The van der Waals surface area contributed by atoms with Crippen LogP contribution in [0.1, 0.15) is 67.0 Å². The van der Waals surface area contributed by atoms with Crippen molar-refractivity contribution in [2.45, 2.75) is 85.8 Å². The van der Waals surface area contributed by atoms with Crippen molar-refractivity contribution in [3.05, 3.63) is 137 Å². The number of carbonyl (C=O) groups excluding carboxylic acids is 3. The Labute approximate surface area is 428 Å². The zero-order chi connectivity index (χ0) is 51.3. The summed E-state index contributed by atoms with van der Waals surface area (Å²) in [6, 6.07) is 23.7. The van der Waals surface area contributed by atoms with Gasteiger partial charge in [0.1, 0.15) is 28.7 Å². The lowest BCUT2D eigenvalue weighted by Gasteiger charge is -2.32. The maximum Gasteiger partial charge on any atom is 0.498 e. The van der Waals surface area contributed by atoms with Gasteiger partial charge in [0.15, 0.2) is 0 Å². The fraction of sp³-hybridized carbons (Fsp3) is 0.365. The highest BCUT2D eigenvalue weighted by Crippen LogP contribution is 2.38. The van der Waals surface area contributed by atoms with Crippen molar-refractivity contribution in [2.24, 2.45) is 0 Å². The smallest absolute Gasteiger partial charge is 0.495 e. The highest BCUT2D eigenvalue weighted by molar-refractivity contribution is 9.10. The van der Waals surface area contributed by atoms with Crippen LogP contribution in [0.5, 0.6) is 11.5 Å². The number of H-pyrrole nitrogens is 1. The number of amides is 4. The molecule has 3 aliphatic heterocycles. The Hall–Kier alpha value is -6.77. The van der Waals surface area contributed by atoms with E-state index in [4.69, 9.17) is 23.5 Å². The van der Waals surface area contributed by atoms with Crippen LogP contribution >= 0.6 is 15.9 Å². The van der Waals surface area contributed by atoms with Crippen molar-refractivity contribution in [2.75, 3.05) is 50.2 Å². The van der Waals surface area contributed by atoms with E-state index in [0.29, 0.717) is 56.2 Å². The first-order valence-corrected chi connectivity index (χ1v) is 23.7. The number of nitrogens with one attached hydrogen (secondary N) is 1. The zero-order valence-corrected chi connectivity index (χ0v) is 42.8. The molecule has 16 nitrogen and oxygen atoms in total. The molecule has 5 heterocycles. The van der Waals surface area contributed by atoms with Gasteiger partial charge in [0.05, 0.1) is 43.0 Å². The monoisotopic (exact) mass is 1050 g/mol. The summed E-state index contributed by atoms with van der Waals surface area (Å²) in [7, 11) is 2.63. The molecule has 9 rings (SSSR count). The van der Waals surface area contributed by atoms with Crippen LogP contribution in [0.2, 0.25) is 0 Å². The number of aromatic nitrogens is 4. The molecule has 20 heteroatoms. The Bertz CT molecular complexity index is 2830. The molecular formula is C52H62BBrF2N8O8. The van der Waals surface area contributed by atoms with Gasteiger partial charge in [0, 0.05) is 73.4 Å². The molecule has 4 aromatic carbocycles. The van der Waals surface area contributed by atoms with E-state index in [2.05, 4.69) is 31.2 Å². The lowest BCUT2D eigenvalue weighted by Crippen LogP contribution is -2.41. The minimum absolute atomic E-state index is 0. The van der Waals surface area contributed by atoms with Crippen molar-refractivity contribution in [3.63, 3.8) is 0 Å². The van der Waals surface area contributed by atoms with Gasteiger partial charge in [0.25, 0.3) is 0 Å². The normalized spacial score (nSPS) is 15.9. The molecule has 2 aromatic heterocycles. The standard InChI is InChI=1S/C20H19FN4O2.C17H16BrFN2O2.C14H23BN2O4.CH4/c1-27-19-10-15(16-11-22-23-12-16)5-6-18(19)25-8-7-24(20(25)26)13-14-3-2-4-17(21)9-14;1-23-16-10-13(18)5-6-15(16)21-8-7-20(17(21)22)11-12-3-2-4-14(19)9-12;1-12(2,3)19-11(18)17-9-10(8-16-17)15-20-13(4,5)14(6,7)21-15;/h2-6,9-12H,7-8,13H2,1H3,(H,22,23);2-6,9-10H,7-8,11H2,1H3;8-9H,1-7H3;1H4. The van der Waals surface area contributed by atoms with Gasteiger partial charge in [-0.3, -0.25) is 14.9 Å². The predicted molar refractivity (Wildman–Crippen MR) is 277 cm³/mol. The Morgan fingerprint density at radius 2 is 1.28 bits per heavy atom. The summed E-state index contributed by atoms with van der Waals surface area (Å²) in [5.74, 6) is 0.670.